The predicted octanol–water partition coefficient (Wildman–Crippen LogP) is 6.92. The number of thiazole rings is 1. The number of amides is 3. The van der Waals surface area contributed by atoms with Crippen molar-refractivity contribution in [1.82, 2.24) is 15.2 Å². The minimum atomic E-state index is -4.86. The number of rotatable bonds is 12. The van der Waals surface area contributed by atoms with Gasteiger partial charge in [-0.25, -0.2) is 14.6 Å². The van der Waals surface area contributed by atoms with E-state index in [9.17, 15) is 32.7 Å². The summed E-state index contributed by atoms with van der Waals surface area (Å²) in [6.07, 6.45) is 5.15. The number of allylic oxidation sites excluding steroid dienone is 7. The van der Waals surface area contributed by atoms with Crippen LogP contribution in [0.3, 0.4) is 0 Å². The molecule has 248 valence electrons. The molecule has 2 aromatic carbocycles. The summed E-state index contributed by atoms with van der Waals surface area (Å²) < 4.78 is 42.6. The number of aliphatic hydroxyl groups is 1. The molecule has 0 fully saturated rings. The summed E-state index contributed by atoms with van der Waals surface area (Å²) >= 11 is 1.08. The molecule has 1 aliphatic rings. The lowest BCUT2D eigenvalue weighted by atomic mass is 9.93. The quantitative estimate of drug-likeness (QED) is 0.153. The van der Waals surface area contributed by atoms with Gasteiger partial charge in [0.25, 0.3) is 5.91 Å². The number of fused-ring (bicyclic) bond motifs is 1. The van der Waals surface area contributed by atoms with E-state index in [0.717, 1.165) is 48.7 Å². The highest BCUT2D eigenvalue weighted by Crippen LogP contribution is 2.32. The fourth-order valence-electron chi connectivity index (χ4n) is 4.70. The third-order valence-electron chi connectivity index (χ3n) is 7.16. The van der Waals surface area contributed by atoms with E-state index in [1.54, 1.807) is 31.2 Å². The number of hydrogen-bond acceptors (Lipinski definition) is 7. The van der Waals surface area contributed by atoms with Gasteiger partial charge in [0, 0.05) is 17.3 Å². The van der Waals surface area contributed by atoms with Crippen LogP contribution in [0.2, 0.25) is 0 Å². The first-order valence-corrected chi connectivity index (χ1v) is 15.4. The summed E-state index contributed by atoms with van der Waals surface area (Å²) in [4.78, 5) is 42.6. The van der Waals surface area contributed by atoms with E-state index in [1.807, 2.05) is 6.08 Å². The summed E-state index contributed by atoms with van der Waals surface area (Å²) in [5.74, 6) is -2.47. The second-order valence-corrected chi connectivity index (χ2v) is 11.6. The summed E-state index contributed by atoms with van der Waals surface area (Å²) in [6, 6.07) is 9.45. The van der Waals surface area contributed by atoms with Crippen LogP contribution in [-0.4, -0.2) is 57.0 Å². The summed E-state index contributed by atoms with van der Waals surface area (Å²) in [5, 5.41) is 23.5. The van der Waals surface area contributed by atoms with Gasteiger partial charge < -0.3 is 20.3 Å². The van der Waals surface area contributed by atoms with Crippen LogP contribution in [0.4, 0.5) is 23.1 Å². The second-order valence-electron chi connectivity index (χ2n) is 10.6. The monoisotopic (exact) mass is 670 g/mol. The first-order chi connectivity index (χ1) is 22.3. The van der Waals surface area contributed by atoms with Crippen molar-refractivity contribution in [3.63, 3.8) is 0 Å². The standard InChI is InChI=1S/C33H33F3N4O6S/c1-3-22(23-7-5-4-6-8-23)12-9-20(2)40(19-21-10-13-24(14-11-21)29(42)37-18-27(41)30(43)44)32(45)39-31-38-26-17-25(46-33(34,35)36)15-16-28(26)47-31/h3,7,9-17,27,41H,1,4-6,8,18-19H2,2H3,(H,37,42)(H,43,44)(H,38,39,45)/b20-9+,22-12+/t27-/m1/s1. The molecule has 0 saturated carbocycles. The number of halogens is 3. The number of aliphatic hydroxyl groups excluding tert-OH is 1. The molecule has 0 radical (unpaired) electrons. The number of alkyl halides is 3. The maximum Gasteiger partial charge on any atom is 0.573 e. The first-order valence-electron chi connectivity index (χ1n) is 14.6. The SMILES string of the molecule is C=C/C(=C\C=C(/C)N(Cc1ccc(C(=O)NC[C@@H](O)C(=O)O)cc1)C(=O)Nc1nc2cc(OC(F)(F)F)ccc2s1)C1=CCCCC1. The van der Waals surface area contributed by atoms with E-state index >= 15 is 0 Å². The maximum absolute atomic E-state index is 13.7. The molecule has 4 N–H and O–H groups in total. The lowest BCUT2D eigenvalue weighted by Crippen LogP contribution is -2.36. The fraction of sp³-hybridized carbons (Fsp3) is 0.273. The van der Waals surface area contributed by atoms with Crippen LogP contribution in [0.5, 0.6) is 5.75 Å². The first kappa shape index (κ1) is 34.9. The van der Waals surface area contributed by atoms with Gasteiger partial charge in [-0.2, -0.15) is 0 Å². The number of ether oxygens (including phenoxy) is 1. The van der Waals surface area contributed by atoms with Crippen molar-refractivity contribution in [2.24, 2.45) is 0 Å². The van der Waals surface area contributed by atoms with Gasteiger partial charge in [-0.05, 0) is 79.7 Å². The Kier molecular flexibility index (Phi) is 11.6. The van der Waals surface area contributed by atoms with Crippen LogP contribution >= 0.6 is 11.3 Å². The molecule has 1 aromatic heterocycles. The molecule has 1 atom stereocenters. The van der Waals surface area contributed by atoms with Gasteiger partial charge in [-0.3, -0.25) is 15.0 Å². The molecule has 0 aliphatic heterocycles. The minimum Gasteiger partial charge on any atom is -0.479 e. The van der Waals surface area contributed by atoms with Crippen LogP contribution in [0.15, 0.2) is 90.2 Å². The molecule has 10 nitrogen and oxygen atoms in total. The third kappa shape index (κ3) is 10.0. The highest BCUT2D eigenvalue weighted by Gasteiger charge is 2.31. The number of nitrogens with one attached hydrogen (secondary N) is 2. The van der Waals surface area contributed by atoms with Gasteiger partial charge >= 0.3 is 18.4 Å². The Bertz CT molecular complexity index is 1730. The molecule has 14 heteroatoms. The van der Waals surface area contributed by atoms with Gasteiger partial charge in [0.15, 0.2) is 11.2 Å². The number of carbonyl (C=O) groups is 3. The Morgan fingerprint density at radius 2 is 1.89 bits per heavy atom. The number of carboxylic acid groups (broad SMARTS) is 1. The van der Waals surface area contributed by atoms with Crippen LogP contribution in [0.1, 0.15) is 48.5 Å². The third-order valence-corrected chi connectivity index (χ3v) is 8.11. The number of carboxylic acids is 1. The Balaban J connectivity index is 1.57. The largest absolute Gasteiger partial charge is 0.573 e. The lowest BCUT2D eigenvalue weighted by molar-refractivity contribution is -0.274. The van der Waals surface area contributed by atoms with Gasteiger partial charge in [-0.15, -0.1) is 13.2 Å². The smallest absolute Gasteiger partial charge is 0.479 e. The Morgan fingerprint density at radius 3 is 2.53 bits per heavy atom. The highest BCUT2D eigenvalue weighted by atomic mass is 32.1. The van der Waals surface area contributed by atoms with E-state index in [0.29, 0.717) is 16.0 Å². The number of aromatic nitrogens is 1. The van der Waals surface area contributed by atoms with Crippen LogP contribution < -0.4 is 15.4 Å². The molecule has 1 aliphatic carbocycles. The van der Waals surface area contributed by atoms with Crippen molar-refractivity contribution in [1.29, 1.82) is 0 Å². The number of urea groups is 1. The average molecular weight is 671 g/mol. The van der Waals surface area contributed by atoms with Gasteiger partial charge in [0.1, 0.15) is 5.75 Å². The molecule has 4 rings (SSSR count). The van der Waals surface area contributed by atoms with Crippen molar-refractivity contribution in [2.45, 2.75) is 51.6 Å². The molecular weight excluding hydrogens is 637 g/mol. The second kappa shape index (κ2) is 15.6. The number of benzene rings is 2. The van der Waals surface area contributed by atoms with Crippen LogP contribution in [0.25, 0.3) is 10.2 Å². The number of carbonyl (C=O) groups excluding carboxylic acids is 2. The zero-order chi connectivity index (χ0) is 34.1. The minimum absolute atomic E-state index is 0.0716. The molecule has 0 saturated heterocycles. The normalized spacial score (nSPS) is 14.6. The highest BCUT2D eigenvalue weighted by molar-refractivity contribution is 7.22. The molecule has 1 heterocycles. The zero-order valence-electron chi connectivity index (χ0n) is 25.3. The number of anilines is 1. The summed E-state index contributed by atoms with van der Waals surface area (Å²) in [7, 11) is 0. The van der Waals surface area contributed by atoms with Crippen molar-refractivity contribution in [2.75, 3.05) is 11.9 Å². The molecule has 0 unspecified atom stereocenters. The maximum atomic E-state index is 13.7. The molecule has 3 aromatic rings. The number of nitrogens with zero attached hydrogens (tertiary/aromatic N) is 2. The number of hydrogen-bond donors (Lipinski definition) is 4. The van der Waals surface area contributed by atoms with Crippen LogP contribution in [0, 0.1) is 0 Å². The summed E-state index contributed by atoms with van der Waals surface area (Å²) in [5.41, 5.74) is 3.77. The zero-order valence-corrected chi connectivity index (χ0v) is 26.2. The average Bonchev–Trinajstić information content (AvgIpc) is 3.43. The van der Waals surface area contributed by atoms with Gasteiger partial charge in [0.2, 0.25) is 0 Å². The Morgan fingerprint density at radius 1 is 1.15 bits per heavy atom. The number of aliphatic carboxylic acids is 1. The van der Waals surface area contributed by atoms with E-state index in [1.165, 1.54) is 34.7 Å². The predicted molar refractivity (Wildman–Crippen MR) is 172 cm³/mol. The Labute approximate surface area is 272 Å². The molecule has 0 bridgehead atoms. The lowest BCUT2D eigenvalue weighted by Gasteiger charge is -2.23. The van der Waals surface area contributed by atoms with Gasteiger partial charge in [-0.1, -0.05) is 48.3 Å². The van der Waals surface area contributed by atoms with E-state index in [-0.39, 0.29) is 22.8 Å². The summed E-state index contributed by atoms with van der Waals surface area (Å²) in [6.45, 7) is 5.29. The van der Waals surface area contributed by atoms with E-state index in [2.05, 4.69) is 33.0 Å². The fourth-order valence-corrected chi connectivity index (χ4v) is 5.54. The van der Waals surface area contributed by atoms with Crippen molar-refractivity contribution in [3.8, 4) is 5.75 Å². The van der Waals surface area contributed by atoms with Crippen molar-refractivity contribution >= 4 is 44.6 Å². The molecular formula is C33H33F3N4O6S. The van der Waals surface area contributed by atoms with Crippen molar-refractivity contribution in [3.05, 3.63) is 101 Å². The van der Waals surface area contributed by atoms with Crippen LogP contribution in [-0.2, 0) is 11.3 Å². The van der Waals surface area contributed by atoms with Crippen molar-refractivity contribution < 1.29 is 42.5 Å². The van der Waals surface area contributed by atoms with Gasteiger partial charge in [0.05, 0.1) is 23.3 Å². The topological polar surface area (TPSA) is 141 Å². The Hall–Kier alpha value is -4.95. The van der Waals surface area contributed by atoms with E-state index < -0.39 is 42.7 Å². The molecule has 0 spiro atoms. The van der Waals surface area contributed by atoms with E-state index in [4.69, 9.17) is 5.11 Å². The molecule has 47 heavy (non-hydrogen) atoms. The molecule has 3 amide bonds.